The topological polar surface area (TPSA) is 66.0 Å². The van der Waals surface area contributed by atoms with Crippen LogP contribution in [0.5, 0.6) is 5.75 Å². The SMILES string of the molecule is C=C(C)Cn1nnc(CN)c1COc1c(C)cccc1C. The van der Waals surface area contributed by atoms with Crippen LogP contribution < -0.4 is 10.5 Å². The van der Waals surface area contributed by atoms with Gasteiger partial charge < -0.3 is 10.5 Å². The van der Waals surface area contributed by atoms with Gasteiger partial charge in [-0.2, -0.15) is 0 Å². The molecule has 0 atom stereocenters. The Labute approximate surface area is 125 Å². The van der Waals surface area contributed by atoms with Crippen molar-refractivity contribution in [2.75, 3.05) is 0 Å². The lowest BCUT2D eigenvalue weighted by Crippen LogP contribution is -2.12. The molecule has 1 aromatic carbocycles. The number of benzene rings is 1. The lowest BCUT2D eigenvalue weighted by Gasteiger charge is -2.13. The first kappa shape index (κ1) is 15.3. The van der Waals surface area contributed by atoms with Crippen LogP contribution in [0, 0.1) is 13.8 Å². The molecule has 2 N–H and O–H groups in total. The molecule has 0 saturated heterocycles. The van der Waals surface area contributed by atoms with Crippen LogP contribution in [0.3, 0.4) is 0 Å². The Morgan fingerprint density at radius 1 is 1.33 bits per heavy atom. The molecule has 2 aromatic rings. The molecule has 0 radical (unpaired) electrons. The van der Waals surface area contributed by atoms with Gasteiger partial charge in [-0.25, -0.2) is 4.68 Å². The minimum absolute atomic E-state index is 0.349. The molecule has 0 bridgehead atoms. The molecule has 0 aliphatic rings. The normalized spacial score (nSPS) is 10.7. The molecular formula is C16H22N4O. The molecule has 0 aliphatic carbocycles. The summed E-state index contributed by atoms with van der Waals surface area (Å²) in [5, 5.41) is 8.24. The van der Waals surface area contributed by atoms with E-state index in [9.17, 15) is 0 Å². The Hall–Kier alpha value is -2.14. The van der Waals surface area contributed by atoms with Crippen LogP contribution in [-0.4, -0.2) is 15.0 Å². The zero-order chi connectivity index (χ0) is 15.4. The average molecular weight is 286 g/mol. The third-order valence-corrected chi connectivity index (χ3v) is 3.29. The molecule has 1 aromatic heterocycles. The van der Waals surface area contributed by atoms with Crippen molar-refractivity contribution in [3.8, 4) is 5.75 Å². The molecule has 0 amide bonds. The molecule has 0 fully saturated rings. The molecular weight excluding hydrogens is 264 g/mol. The van der Waals surface area contributed by atoms with Crippen LogP contribution >= 0.6 is 0 Å². The molecule has 1 heterocycles. The van der Waals surface area contributed by atoms with Gasteiger partial charge >= 0.3 is 0 Å². The predicted molar refractivity (Wildman–Crippen MR) is 83.0 cm³/mol. The smallest absolute Gasteiger partial charge is 0.132 e. The number of ether oxygens (including phenoxy) is 1. The number of hydrogen-bond acceptors (Lipinski definition) is 4. The maximum atomic E-state index is 5.99. The minimum atomic E-state index is 0.349. The summed E-state index contributed by atoms with van der Waals surface area (Å²) >= 11 is 0. The highest BCUT2D eigenvalue weighted by Gasteiger charge is 2.13. The Morgan fingerprint density at radius 2 is 2.00 bits per heavy atom. The van der Waals surface area contributed by atoms with E-state index < -0.39 is 0 Å². The second-order valence-corrected chi connectivity index (χ2v) is 5.31. The van der Waals surface area contributed by atoms with Gasteiger partial charge in [0.2, 0.25) is 0 Å². The standard InChI is InChI=1S/C16H22N4O/c1-11(2)9-20-15(14(8-17)18-19-20)10-21-16-12(3)6-5-7-13(16)4/h5-7H,1,8-10,17H2,2-4H3. The summed E-state index contributed by atoms with van der Waals surface area (Å²) in [6.45, 7) is 11.3. The molecule has 2 rings (SSSR count). The van der Waals surface area contributed by atoms with E-state index in [0.717, 1.165) is 33.8 Å². The van der Waals surface area contributed by atoms with Gasteiger partial charge in [0.1, 0.15) is 23.7 Å². The lowest BCUT2D eigenvalue weighted by molar-refractivity contribution is 0.288. The van der Waals surface area contributed by atoms with Gasteiger partial charge in [-0.15, -0.1) is 5.10 Å². The quantitative estimate of drug-likeness (QED) is 0.829. The maximum Gasteiger partial charge on any atom is 0.132 e. The van der Waals surface area contributed by atoms with E-state index in [1.807, 2.05) is 39.0 Å². The summed E-state index contributed by atoms with van der Waals surface area (Å²) in [6.07, 6.45) is 0. The molecule has 0 unspecified atom stereocenters. The van der Waals surface area contributed by atoms with Crippen LogP contribution in [0.2, 0.25) is 0 Å². The van der Waals surface area contributed by atoms with Crippen LogP contribution in [0.4, 0.5) is 0 Å². The molecule has 5 nitrogen and oxygen atoms in total. The van der Waals surface area contributed by atoms with E-state index in [0.29, 0.717) is 19.7 Å². The molecule has 5 heteroatoms. The van der Waals surface area contributed by atoms with E-state index >= 15 is 0 Å². The van der Waals surface area contributed by atoms with Crippen LogP contribution in [0.15, 0.2) is 30.4 Å². The number of rotatable bonds is 6. The lowest BCUT2D eigenvalue weighted by atomic mass is 10.1. The van der Waals surface area contributed by atoms with Crippen molar-refractivity contribution in [2.45, 2.75) is 40.5 Å². The fraction of sp³-hybridized carbons (Fsp3) is 0.375. The number of aryl methyl sites for hydroxylation is 2. The maximum absolute atomic E-state index is 5.99. The van der Waals surface area contributed by atoms with Crippen molar-refractivity contribution in [3.63, 3.8) is 0 Å². The van der Waals surface area contributed by atoms with E-state index in [1.54, 1.807) is 4.68 Å². The van der Waals surface area contributed by atoms with Gasteiger partial charge in [0.15, 0.2) is 0 Å². The average Bonchev–Trinajstić information content (AvgIpc) is 2.79. The largest absolute Gasteiger partial charge is 0.487 e. The summed E-state index contributed by atoms with van der Waals surface area (Å²) in [4.78, 5) is 0. The third kappa shape index (κ3) is 3.49. The molecule has 0 saturated carbocycles. The van der Waals surface area contributed by atoms with Gasteiger partial charge in [-0.1, -0.05) is 35.6 Å². The van der Waals surface area contributed by atoms with Crippen LogP contribution in [0.25, 0.3) is 0 Å². The molecule has 0 aliphatic heterocycles. The Bertz CT molecular complexity index is 625. The van der Waals surface area contributed by atoms with Crippen molar-refractivity contribution in [2.24, 2.45) is 5.73 Å². The predicted octanol–water partition coefficient (Wildman–Crippen LogP) is 2.51. The minimum Gasteiger partial charge on any atom is -0.487 e. The summed E-state index contributed by atoms with van der Waals surface area (Å²) in [6, 6.07) is 6.10. The first-order valence-corrected chi connectivity index (χ1v) is 6.97. The third-order valence-electron chi connectivity index (χ3n) is 3.29. The first-order chi connectivity index (χ1) is 10.0. The Balaban J connectivity index is 2.23. The monoisotopic (exact) mass is 286 g/mol. The van der Waals surface area contributed by atoms with Crippen molar-refractivity contribution >= 4 is 0 Å². The fourth-order valence-electron chi connectivity index (χ4n) is 2.24. The molecule has 21 heavy (non-hydrogen) atoms. The van der Waals surface area contributed by atoms with Gasteiger partial charge in [-0.05, 0) is 31.9 Å². The second-order valence-electron chi connectivity index (χ2n) is 5.31. The highest BCUT2D eigenvalue weighted by atomic mass is 16.5. The number of nitrogens with two attached hydrogens (primary N) is 1. The Kier molecular flexibility index (Phi) is 4.75. The van der Waals surface area contributed by atoms with Gasteiger partial charge in [0.25, 0.3) is 0 Å². The van der Waals surface area contributed by atoms with Crippen molar-refractivity contribution < 1.29 is 4.74 Å². The number of aromatic nitrogens is 3. The van der Waals surface area contributed by atoms with Gasteiger partial charge in [-0.3, -0.25) is 0 Å². The molecule has 0 spiro atoms. The number of para-hydroxylation sites is 1. The zero-order valence-electron chi connectivity index (χ0n) is 12.9. The Morgan fingerprint density at radius 3 is 2.57 bits per heavy atom. The molecule has 112 valence electrons. The summed E-state index contributed by atoms with van der Waals surface area (Å²) < 4.78 is 7.79. The van der Waals surface area contributed by atoms with Gasteiger partial charge in [0, 0.05) is 6.54 Å². The summed E-state index contributed by atoms with van der Waals surface area (Å²) in [5.74, 6) is 0.906. The zero-order valence-corrected chi connectivity index (χ0v) is 12.9. The van der Waals surface area contributed by atoms with Crippen molar-refractivity contribution in [3.05, 3.63) is 52.9 Å². The first-order valence-electron chi connectivity index (χ1n) is 6.97. The number of allylic oxidation sites excluding steroid dienone is 1. The van der Waals surface area contributed by atoms with Crippen LogP contribution in [-0.2, 0) is 19.7 Å². The van der Waals surface area contributed by atoms with E-state index in [4.69, 9.17) is 10.5 Å². The highest BCUT2D eigenvalue weighted by Crippen LogP contribution is 2.23. The van der Waals surface area contributed by atoms with E-state index in [1.165, 1.54) is 0 Å². The number of nitrogens with zero attached hydrogens (tertiary/aromatic N) is 3. The summed E-state index contributed by atoms with van der Waals surface area (Å²) in [7, 11) is 0. The van der Waals surface area contributed by atoms with Crippen molar-refractivity contribution in [1.82, 2.24) is 15.0 Å². The number of hydrogen-bond donors (Lipinski definition) is 1. The van der Waals surface area contributed by atoms with Crippen LogP contribution in [0.1, 0.15) is 29.4 Å². The highest BCUT2D eigenvalue weighted by molar-refractivity contribution is 5.39. The second kappa shape index (κ2) is 6.54. The van der Waals surface area contributed by atoms with Gasteiger partial charge in [0.05, 0.1) is 6.54 Å². The van der Waals surface area contributed by atoms with Crippen molar-refractivity contribution in [1.29, 1.82) is 0 Å². The summed E-state index contributed by atoms with van der Waals surface area (Å²) in [5.41, 5.74) is 10.6. The van der Waals surface area contributed by atoms with E-state index in [2.05, 4.69) is 16.9 Å². The van der Waals surface area contributed by atoms with E-state index in [-0.39, 0.29) is 0 Å². The fourth-order valence-corrected chi connectivity index (χ4v) is 2.24.